The molecule has 0 aromatic carbocycles. The first-order chi connectivity index (χ1) is 6.70. The number of aromatic nitrogens is 4. The number of nitrogens with two attached hydrogens (primary N) is 1. The van der Waals surface area contributed by atoms with Crippen molar-refractivity contribution in [1.29, 1.82) is 0 Å². The first-order valence-corrected chi connectivity index (χ1v) is 4.31. The molecule has 6 nitrogen and oxygen atoms in total. The van der Waals surface area contributed by atoms with Gasteiger partial charge >= 0.3 is 0 Å². The van der Waals surface area contributed by atoms with E-state index in [9.17, 15) is 4.79 Å². The van der Waals surface area contributed by atoms with Crippen molar-refractivity contribution in [2.24, 2.45) is 0 Å². The minimum absolute atomic E-state index is 0. The van der Waals surface area contributed by atoms with E-state index in [1.165, 1.54) is 6.20 Å². The third-order valence-corrected chi connectivity index (χ3v) is 1.90. The van der Waals surface area contributed by atoms with Crippen LogP contribution in [0, 0.1) is 0 Å². The number of hydrogen-bond acceptors (Lipinski definition) is 5. The van der Waals surface area contributed by atoms with Crippen LogP contribution in [0.5, 0.6) is 0 Å². The highest BCUT2D eigenvalue weighted by atomic mass is 35.5. The van der Waals surface area contributed by atoms with Gasteiger partial charge in [-0.3, -0.25) is 9.78 Å². The summed E-state index contributed by atoms with van der Waals surface area (Å²) < 4.78 is 0. The minimum Gasteiger partial charge on any atom is -0.369 e. The van der Waals surface area contributed by atoms with Gasteiger partial charge in [0.25, 0.3) is 5.56 Å². The Balaban J connectivity index is 0.00000112. The van der Waals surface area contributed by atoms with Gasteiger partial charge in [-0.05, 0) is 0 Å². The normalized spacial score (nSPS) is 9.93. The van der Waals surface area contributed by atoms with Crippen LogP contribution in [0.1, 0.15) is 5.69 Å². The molecular formula is C7H7Cl2N5O. The molecule has 0 unspecified atom stereocenters. The number of alkyl halides is 1. The second kappa shape index (κ2) is 4.41. The summed E-state index contributed by atoms with van der Waals surface area (Å²) in [5.41, 5.74) is 5.82. The van der Waals surface area contributed by atoms with E-state index < -0.39 is 5.56 Å². The predicted molar refractivity (Wildman–Crippen MR) is 59.2 cm³/mol. The number of nitrogens with zero attached hydrogens (tertiary/aromatic N) is 3. The lowest BCUT2D eigenvalue weighted by atomic mass is 10.4. The number of H-pyrrole nitrogens is 1. The highest BCUT2D eigenvalue weighted by molar-refractivity contribution is 6.16. The third-order valence-electron chi connectivity index (χ3n) is 1.62. The van der Waals surface area contributed by atoms with Crippen LogP contribution >= 0.6 is 24.0 Å². The molecule has 2 rings (SSSR count). The standard InChI is InChI=1S/C7H6ClN5O.ClH/c8-1-3-2-10-5-4(11-3)6(14)13-7(9)12-5;/h2H,1H2,(H3,9,10,12,13,14);1H. The molecule has 2 heterocycles. The largest absolute Gasteiger partial charge is 0.369 e. The molecule has 0 amide bonds. The van der Waals surface area contributed by atoms with Gasteiger partial charge in [0.05, 0.1) is 17.8 Å². The molecule has 8 heteroatoms. The Hall–Kier alpha value is -1.40. The van der Waals surface area contributed by atoms with Crippen molar-refractivity contribution in [1.82, 2.24) is 19.9 Å². The molecule has 0 spiro atoms. The van der Waals surface area contributed by atoms with Crippen molar-refractivity contribution >= 4 is 41.1 Å². The van der Waals surface area contributed by atoms with E-state index in [0.29, 0.717) is 5.69 Å². The van der Waals surface area contributed by atoms with Crippen LogP contribution in [0.4, 0.5) is 5.95 Å². The number of hydrogen-bond donors (Lipinski definition) is 2. The van der Waals surface area contributed by atoms with Gasteiger partial charge < -0.3 is 5.73 Å². The predicted octanol–water partition coefficient (Wildman–Crippen LogP) is 0.456. The summed E-state index contributed by atoms with van der Waals surface area (Å²) in [7, 11) is 0. The first-order valence-electron chi connectivity index (χ1n) is 3.78. The number of aromatic amines is 1. The molecule has 15 heavy (non-hydrogen) atoms. The van der Waals surface area contributed by atoms with Gasteiger partial charge in [-0.2, -0.15) is 4.98 Å². The maximum Gasteiger partial charge on any atom is 0.280 e. The van der Waals surface area contributed by atoms with Gasteiger partial charge in [-0.25, -0.2) is 9.97 Å². The fraction of sp³-hybridized carbons (Fsp3) is 0.143. The SMILES string of the molecule is Cl.Nc1nc2ncc(CCl)nc2c(=O)[nH]1. The van der Waals surface area contributed by atoms with Gasteiger partial charge in [-0.15, -0.1) is 24.0 Å². The zero-order valence-corrected chi connectivity index (χ0v) is 8.97. The first kappa shape index (κ1) is 11.7. The number of rotatable bonds is 1. The Morgan fingerprint density at radius 3 is 2.87 bits per heavy atom. The van der Waals surface area contributed by atoms with Crippen LogP contribution < -0.4 is 11.3 Å². The number of halogens is 2. The molecule has 0 atom stereocenters. The van der Waals surface area contributed by atoms with E-state index in [-0.39, 0.29) is 35.4 Å². The van der Waals surface area contributed by atoms with Crippen LogP contribution in [0.2, 0.25) is 0 Å². The van der Waals surface area contributed by atoms with Gasteiger partial charge in [0, 0.05) is 0 Å². The molecule has 0 fully saturated rings. The summed E-state index contributed by atoms with van der Waals surface area (Å²) in [5, 5.41) is 0. The lowest BCUT2D eigenvalue weighted by molar-refractivity contribution is 1.08. The quantitative estimate of drug-likeness (QED) is 0.714. The summed E-state index contributed by atoms with van der Waals surface area (Å²) in [4.78, 5) is 25.4. The lowest BCUT2D eigenvalue weighted by Gasteiger charge is -1.98. The van der Waals surface area contributed by atoms with E-state index in [2.05, 4.69) is 19.9 Å². The molecule has 0 aliphatic carbocycles. The zero-order chi connectivity index (χ0) is 10.1. The van der Waals surface area contributed by atoms with Crippen LogP contribution in [0.25, 0.3) is 11.2 Å². The van der Waals surface area contributed by atoms with Crippen LogP contribution in [-0.4, -0.2) is 19.9 Å². The molecule has 80 valence electrons. The average molecular weight is 248 g/mol. The zero-order valence-electron chi connectivity index (χ0n) is 7.40. The Kier molecular flexibility index (Phi) is 3.43. The number of fused-ring (bicyclic) bond motifs is 1. The lowest BCUT2D eigenvalue weighted by Crippen LogP contribution is -2.13. The molecule has 0 aliphatic heterocycles. The van der Waals surface area contributed by atoms with Crippen molar-refractivity contribution < 1.29 is 0 Å². The molecule has 2 aromatic heterocycles. The fourth-order valence-electron chi connectivity index (χ4n) is 1.04. The fourth-order valence-corrected chi connectivity index (χ4v) is 1.16. The van der Waals surface area contributed by atoms with Crippen LogP contribution in [-0.2, 0) is 5.88 Å². The van der Waals surface area contributed by atoms with Crippen molar-refractivity contribution in [3.8, 4) is 0 Å². The van der Waals surface area contributed by atoms with Crippen LogP contribution in [0.15, 0.2) is 11.0 Å². The summed E-state index contributed by atoms with van der Waals surface area (Å²) in [6.07, 6.45) is 1.46. The summed E-state index contributed by atoms with van der Waals surface area (Å²) in [6.45, 7) is 0. The molecular weight excluding hydrogens is 241 g/mol. The van der Waals surface area contributed by atoms with Gasteiger partial charge in [0.15, 0.2) is 11.2 Å². The molecule has 0 radical (unpaired) electrons. The highest BCUT2D eigenvalue weighted by Crippen LogP contribution is 2.04. The summed E-state index contributed by atoms with van der Waals surface area (Å²) in [5.74, 6) is 0.225. The van der Waals surface area contributed by atoms with E-state index in [0.717, 1.165) is 0 Å². The second-order valence-corrected chi connectivity index (χ2v) is 2.89. The number of nitrogens with one attached hydrogen (secondary N) is 1. The topological polar surface area (TPSA) is 97.5 Å². The highest BCUT2D eigenvalue weighted by Gasteiger charge is 2.05. The Morgan fingerprint density at radius 2 is 2.20 bits per heavy atom. The molecule has 3 N–H and O–H groups in total. The van der Waals surface area contributed by atoms with Crippen molar-refractivity contribution in [2.75, 3.05) is 5.73 Å². The Morgan fingerprint density at radius 1 is 1.47 bits per heavy atom. The van der Waals surface area contributed by atoms with Crippen molar-refractivity contribution in [3.05, 3.63) is 22.2 Å². The minimum atomic E-state index is -0.410. The summed E-state index contributed by atoms with van der Waals surface area (Å²) in [6, 6.07) is 0. The van der Waals surface area contributed by atoms with Gasteiger partial charge in [-0.1, -0.05) is 0 Å². The molecule has 0 bridgehead atoms. The van der Waals surface area contributed by atoms with E-state index in [1.807, 2.05) is 0 Å². The van der Waals surface area contributed by atoms with Gasteiger partial charge in [0.2, 0.25) is 5.95 Å². The average Bonchev–Trinajstić information content (AvgIpc) is 2.17. The second-order valence-electron chi connectivity index (χ2n) is 2.62. The smallest absolute Gasteiger partial charge is 0.280 e. The van der Waals surface area contributed by atoms with Crippen molar-refractivity contribution in [2.45, 2.75) is 5.88 Å². The van der Waals surface area contributed by atoms with Gasteiger partial charge in [0.1, 0.15) is 0 Å². The Bertz CT molecular complexity index is 540. The molecule has 2 aromatic rings. The maximum atomic E-state index is 11.3. The maximum absolute atomic E-state index is 11.3. The van der Waals surface area contributed by atoms with E-state index >= 15 is 0 Å². The van der Waals surface area contributed by atoms with E-state index in [4.69, 9.17) is 17.3 Å². The number of anilines is 1. The Labute approximate surface area is 95.3 Å². The number of nitrogen functional groups attached to an aromatic ring is 1. The molecule has 0 saturated carbocycles. The molecule has 0 aliphatic rings. The third kappa shape index (κ3) is 2.16. The van der Waals surface area contributed by atoms with E-state index in [1.54, 1.807) is 0 Å². The summed E-state index contributed by atoms with van der Waals surface area (Å²) >= 11 is 5.55. The monoisotopic (exact) mass is 247 g/mol. The van der Waals surface area contributed by atoms with Crippen molar-refractivity contribution in [3.63, 3.8) is 0 Å². The van der Waals surface area contributed by atoms with Crippen LogP contribution in [0.3, 0.4) is 0 Å². The molecule has 0 saturated heterocycles.